The van der Waals surface area contributed by atoms with Gasteiger partial charge in [-0.15, -0.1) is 0 Å². The zero-order valence-corrected chi connectivity index (χ0v) is 12.4. The summed E-state index contributed by atoms with van der Waals surface area (Å²) in [6.07, 6.45) is 1.49. The van der Waals surface area contributed by atoms with E-state index in [-0.39, 0.29) is 23.5 Å². The molecule has 0 amide bonds. The predicted molar refractivity (Wildman–Crippen MR) is 77.6 cm³/mol. The Balaban J connectivity index is 2.56. The predicted octanol–water partition coefficient (Wildman–Crippen LogP) is 2.33. The highest BCUT2D eigenvalue weighted by Crippen LogP contribution is 2.25. The van der Waals surface area contributed by atoms with Gasteiger partial charge in [-0.1, -0.05) is 28.1 Å². The Bertz CT molecular complexity index is 688. The Kier molecular flexibility index (Phi) is 4.19. The Morgan fingerprint density at radius 3 is 2.40 bits per heavy atom. The van der Waals surface area contributed by atoms with Gasteiger partial charge in [0.15, 0.2) is 11.4 Å². The first-order chi connectivity index (χ1) is 9.58. The highest BCUT2D eigenvalue weighted by Gasteiger charge is 2.23. The van der Waals surface area contributed by atoms with Crippen molar-refractivity contribution in [2.24, 2.45) is 5.73 Å². The zero-order valence-electron chi connectivity index (χ0n) is 10.8. The van der Waals surface area contributed by atoms with E-state index in [1.54, 1.807) is 4.57 Å². The van der Waals surface area contributed by atoms with Crippen molar-refractivity contribution in [2.75, 3.05) is 0 Å². The van der Waals surface area contributed by atoms with Gasteiger partial charge in [0, 0.05) is 10.5 Å². The van der Waals surface area contributed by atoms with Gasteiger partial charge >= 0.3 is 0 Å². The molecule has 0 fully saturated rings. The number of aromatic nitrogens is 2. The average Bonchev–Trinajstić information content (AvgIpc) is 2.83. The monoisotopic (exact) mass is 329 g/mol. The van der Waals surface area contributed by atoms with Crippen molar-refractivity contribution < 1.29 is 0 Å². The van der Waals surface area contributed by atoms with Gasteiger partial charge in [-0.3, -0.25) is 0 Å². The van der Waals surface area contributed by atoms with Gasteiger partial charge in [0.2, 0.25) is 0 Å². The fourth-order valence-electron chi connectivity index (χ4n) is 2.14. The molecule has 1 aromatic heterocycles. The summed E-state index contributed by atoms with van der Waals surface area (Å²) < 4.78 is 2.63. The van der Waals surface area contributed by atoms with E-state index in [1.807, 2.05) is 43.3 Å². The van der Waals surface area contributed by atoms with Crippen LogP contribution in [0.4, 0.5) is 0 Å². The van der Waals surface area contributed by atoms with E-state index in [0.29, 0.717) is 0 Å². The molecule has 0 radical (unpaired) electrons. The lowest BCUT2D eigenvalue weighted by atomic mass is 10.0. The molecular formula is C14H12BrN5. The molecule has 100 valence electrons. The van der Waals surface area contributed by atoms with Gasteiger partial charge in [-0.05, 0) is 24.6 Å². The first kappa shape index (κ1) is 14.3. The molecule has 0 saturated heterocycles. The topological polar surface area (TPSA) is 91.4 Å². The van der Waals surface area contributed by atoms with Crippen molar-refractivity contribution >= 4 is 15.9 Å². The Morgan fingerprint density at radius 2 is 1.90 bits per heavy atom. The van der Waals surface area contributed by atoms with Crippen LogP contribution in [-0.2, 0) is 0 Å². The Hall–Kier alpha value is -2.15. The molecule has 1 aromatic carbocycles. The number of hydrogen-bond acceptors (Lipinski definition) is 4. The second-order valence-corrected chi connectivity index (χ2v) is 5.34. The van der Waals surface area contributed by atoms with Gasteiger partial charge in [-0.25, -0.2) is 4.98 Å². The molecule has 5 nitrogen and oxygen atoms in total. The van der Waals surface area contributed by atoms with E-state index in [0.717, 1.165) is 10.0 Å². The second-order valence-electron chi connectivity index (χ2n) is 4.43. The largest absolute Gasteiger partial charge is 0.326 e. The maximum atomic E-state index is 9.23. The maximum absolute atomic E-state index is 9.23. The molecule has 0 aliphatic heterocycles. The van der Waals surface area contributed by atoms with Gasteiger partial charge in [0.1, 0.15) is 12.1 Å². The molecule has 6 heteroatoms. The van der Waals surface area contributed by atoms with E-state index in [2.05, 4.69) is 20.9 Å². The standard InChI is InChI=1S/C14H12BrN5/c1-9(18)14(10-2-4-11(15)5-3-10)20-8-19-12(6-16)13(20)7-17/h2-5,8-9,14H,18H2,1H3. The molecule has 20 heavy (non-hydrogen) atoms. The third-order valence-corrected chi connectivity index (χ3v) is 3.54. The molecule has 2 unspecified atom stereocenters. The highest BCUT2D eigenvalue weighted by atomic mass is 79.9. The fourth-order valence-corrected chi connectivity index (χ4v) is 2.41. The number of rotatable bonds is 3. The lowest BCUT2D eigenvalue weighted by Crippen LogP contribution is -2.30. The van der Waals surface area contributed by atoms with Crippen LogP contribution in [0.25, 0.3) is 0 Å². The first-order valence-corrected chi connectivity index (χ1v) is 6.76. The molecule has 0 aliphatic rings. The van der Waals surface area contributed by atoms with Crippen molar-refractivity contribution in [3.63, 3.8) is 0 Å². The number of benzene rings is 1. The molecule has 2 atom stereocenters. The summed E-state index contributed by atoms with van der Waals surface area (Å²) in [6, 6.07) is 11.2. The lowest BCUT2D eigenvalue weighted by Gasteiger charge is -2.23. The zero-order chi connectivity index (χ0) is 14.7. The molecule has 2 aromatic rings. The molecule has 1 heterocycles. The minimum atomic E-state index is -0.243. The van der Waals surface area contributed by atoms with Crippen LogP contribution in [0.3, 0.4) is 0 Å². The van der Waals surface area contributed by atoms with Crippen LogP contribution in [0.5, 0.6) is 0 Å². The summed E-state index contributed by atoms with van der Waals surface area (Å²) in [4.78, 5) is 3.97. The molecule has 2 rings (SSSR count). The SMILES string of the molecule is CC(N)C(c1ccc(Br)cc1)n1cnc(C#N)c1C#N. The Morgan fingerprint density at radius 1 is 1.25 bits per heavy atom. The van der Waals surface area contributed by atoms with E-state index in [4.69, 9.17) is 11.0 Å². The second kappa shape index (κ2) is 5.87. The Labute approximate surface area is 125 Å². The summed E-state index contributed by atoms with van der Waals surface area (Å²) in [6.45, 7) is 1.86. The van der Waals surface area contributed by atoms with Crippen LogP contribution < -0.4 is 5.73 Å². The minimum absolute atomic E-state index is 0.121. The van der Waals surface area contributed by atoms with E-state index in [1.165, 1.54) is 6.33 Å². The number of nitriles is 2. The van der Waals surface area contributed by atoms with Gasteiger partial charge in [0.25, 0.3) is 0 Å². The number of halogens is 1. The average molecular weight is 330 g/mol. The van der Waals surface area contributed by atoms with Crippen LogP contribution >= 0.6 is 15.9 Å². The first-order valence-electron chi connectivity index (χ1n) is 5.96. The fraction of sp³-hybridized carbons (Fsp3) is 0.214. The van der Waals surface area contributed by atoms with Crippen LogP contribution in [0.15, 0.2) is 35.1 Å². The molecular weight excluding hydrogens is 318 g/mol. The summed E-state index contributed by atoms with van der Waals surface area (Å²) in [5, 5.41) is 18.2. The smallest absolute Gasteiger partial charge is 0.176 e. The summed E-state index contributed by atoms with van der Waals surface area (Å²) >= 11 is 3.39. The molecule has 0 spiro atoms. The van der Waals surface area contributed by atoms with Crippen LogP contribution in [0.1, 0.15) is 29.9 Å². The van der Waals surface area contributed by atoms with Crippen molar-refractivity contribution in [2.45, 2.75) is 19.0 Å². The lowest BCUT2D eigenvalue weighted by molar-refractivity contribution is 0.492. The third-order valence-electron chi connectivity index (χ3n) is 3.01. The van der Waals surface area contributed by atoms with Gasteiger partial charge in [-0.2, -0.15) is 10.5 Å². The molecule has 0 bridgehead atoms. The van der Waals surface area contributed by atoms with Crippen LogP contribution in [-0.4, -0.2) is 15.6 Å². The summed E-state index contributed by atoms with van der Waals surface area (Å²) in [7, 11) is 0. The number of hydrogen-bond donors (Lipinski definition) is 1. The number of imidazole rings is 1. The molecule has 0 aliphatic carbocycles. The molecule has 2 N–H and O–H groups in total. The van der Waals surface area contributed by atoms with Crippen molar-refractivity contribution in [1.29, 1.82) is 10.5 Å². The van der Waals surface area contributed by atoms with Crippen molar-refractivity contribution in [1.82, 2.24) is 9.55 Å². The van der Waals surface area contributed by atoms with Crippen molar-refractivity contribution in [3.8, 4) is 12.1 Å². The van der Waals surface area contributed by atoms with E-state index < -0.39 is 0 Å². The third kappa shape index (κ3) is 2.57. The minimum Gasteiger partial charge on any atom is -0.326 e. The number of nitrogens with two attached hydrogens (primary N) is 1. The van der Waals surface area contributed by atoms with Crippen molar-refractivity contribution in [3.05, 3.63) is 52.0 Å². The summed E-state index contributed by atoms with van der Waals surface area (Å²) in [5.41, 5.74) is 7.37. The van der Waals surface area contributed by atoms with Crippen LogP contribution in [0.2, 0.25) is 0 Å². The van der Waals surface area contributed by atoms with Crippen LogP contribution in [0, 0.1) is 22.7 Å². The van der Waals surface area contributed by atoms with E-state index in [9.17, 15) is 5.26 Å². The van der Waals surface area contributed by atoms with E-state index >= 15 is 0 Å². The van der Waals surface area contributed by atoms with Gasteiger partial charge < -0.3 is 10.3 Å². The number of nitrogens with zero attached hydrogens (tertiary/aromatic N) is 4. The quantitative estimate of drug-likeness (QED) is 0.935. The van der Waals surface area contributed by atoms with Gasteiger partial charge in [0.05, 0.1) is 12.4 Å². The molecule has 0 saturated carbocycles. The maximum Gasteiger partial charge on any atom is 0.176 e. The highest BCUT2D eigenvalue weighted by molar-refractivity contribution is 9.10. The normalized spacial score (nSPS) is 13.2. The summed E-state index contributed by atoms with van der Waals surface area (Å²) in [5.74, 6) is 0.